The quantitative estimate of drug-likeness (QED) is 0.571. The number of halogens is 2. The molecule has 1 aromatic rings. The van der Waals surface area contributed by atoms with Gasteiger partial charge in [-0.1, -0.05) is 45.8 Å². The minimum atomic E-state index is -0.195. The fourth-order valence-electron chi connectivity index (χ4n) is 0.793. The highest BCUT2D eigenvalue weighted by atomic mass is 79.9. The topological polar surface area (TPSA) is 0 Å². The highest BCUT2D eigenvalue weighted by Crippen LogP contribution is 2.42. The van der Waals surface area contributed by atoms with Gasteiger partial charge >= 0.3 is 0 Å². The summed E-state index contributed by atoms with van der Waals surface area (Å²) in [5, 5.41) is 1.36. The van der Waals surface area contributed by atoms with Gasteiger partial charge in [0.1, 0.15) is 0 Å². The van der Waals surface area contributed by atoms with Crippen LogP contribution in [0.2, 0.25) is 0 Å². The molecule has 0 bridgehead atoms. The van der Waals surface area contributed by atoms with Gasteiger partial charge in [-0.15, -0.1) is 11.6 Å². The molecule has 1 unspecified atom stereocenters. The van der Waals surface area contributed by atoms with Crippen LogP contribution in [0.3, 0.4) is 0 Å². The van der Waals surface area contributed by atoms with Crippen molar-refractivity contribution in [2.24, 2.45) is 0 Å². The number of alkyl halides is 1. The van der Waals surface area contributed by atoms with Crippen LogP contribution >= 0.6 is 33.7 Å². The van der Waals surface area contributed by atoms with Gasteiger partial charge in [0.25, 0.3) is 0 Å². The maximum Gasteiger partial charge on any atom is 0.0273 e. The monoisotopic (exact) mass is 250 g/mol. The molecule has 1 rings (SSSR count). The molecule has 0 aliphatic rings. The predicted molar refractivity (Wildman–Crippen MR) is 57.5 cm³/mol. The van der Waals surface area contributed by atoms with Gasteiger partial charge in [-0.2, -0.15) is 0 Å². The smallest absolute Gasteiger partial charge is 0.0273 e. The Bertz CT molecular complexity index is 203. The van der Waals surface area contributed by atoms with Crippen molar-refractivity contribution in [3.05, 3.63) is 30.3 Å². The molecule has 0 radical (unpaired) electrons. The number of hydrogen-bond donors (Lipinski definition) is 0. The molecule has 0 aromatic heterocycles. The van der Waals surface area contributed by atoms with Crippen LogP contribution in [0.1, 0.15) is 0 Å². The summed E-state index contributed by atoms with van der Waals surface area (Å²) in [5.41, 5.74) is 0. The van der Waals surface area contributed by atoms with Crippen molar-refractivity contribution in [3.63, 3.8) is 0 Å². The van der Waals surface area contributed by atoms with E-state index in [2.05, 4.69) is 39.8 Å². The molecule has 0 amide bonds. The van der Waals surface area contributed by atoms with E-state index >= 15 is 0 Å². The fourth-order valence-corrected chi connectivity index (χ4v) is 4.06. The van der Waals surface area contributed by atoms with Gasteiger partial charge in [-0.25, -0.2) is 0 Å². The molecule has 1 aromatic carbocycles. The summed E-state index contributed by atoms with van der Waals surface area (Å²) in [7, 11) is 0. The van der Waals surface area contributed by atoms with Crippen molar-refractivity contribution in [2.45, 2.75) is 0 Å². The molecule has 3 heteroatoms. The van der Waals surface area contributed by atoms with Crippen LogP contribution in [0.15, 0.2) is 30.3 Å². The zero-order valence-corrected chi connectivity index (χ0v) is 9.24. The summed E-state index contributed by atoms with van der Waals surface area (Å²) in [4.78, 5) is 0. The average molecular weight is 251 g/mol. The first kappa shape index (κ1) is 9.51. The molecule has 0 saturated carbocycles. The number of rotatable bonds is 3. The first-order valence-electron chi connectivity index (χ1n) is 3.39. The van der Waals surface area contributed by atoms with Crippen LogP contribution < -0.4 is 5.30 Å². The molecule has 1 atom stereocenters. The Morgan fingerprint density at radius 3 is 2.45 bits per heavy atom. The Morgan fingerprint density at radius 2 is 1.91 bits per heavy atom. The Kier molecular flexibility index (Phi) is 4.44. The van der Waals surface area contributed by atoms with Crippen molar-refractivity contribution in [3.8, 4) is 0 Å². The fraction of sp³-hybridized carbons (Fsp3) is 0.250. The van der Waals surface area contributed by atoms with E-state index in [1.165, 1.54) is 5.30 Å². The van der Waals surface area contributed by atoms with Crippen LogP contribution in [0.4, 0.5) is 0 Å². The molecule has 0 saturated heterocycles. The lowest BCUT2D eigenvalue weighted by molar-refractivity contribution is 1.53. The second-order valence-corrected chi connectivity index (χ2v) is 6.74. The molecule has 11 heavy (non-hydrogen) atoms. The van der Waals surface area contributed by atoms with Gasteiger partial charge in [0.05, 0.1) is 0 Å². The Morgan fingerprint density at radius 1 is 1.27 bits per heavy atom. The van der Waals surface area contributed by atoms with E-state index in [0.717, 1.165) is 12.0 Å². The minimum Gasteiger partial charge on any atom is -0.126 e. The van der Waals surface area contributed by atoms with Crippen molar-refractivity contribution >= 4 is 39.0 Å². The first-order valence-corrected chi connectivity index (χ1v) is 7.47. The zero-order chi connectivity index (χ0) is 8.10. The van der Waals surface area contributed by atoms with Gasteiger partial charge in [0, 0.05) is 5.88 Å². The van der Waals surface area contributed by atoms with Crippen LogP contribution in [-0.4, -0.2) is 12.0 Å². The molecular weight excluding hydrogens is 242 g/mol. The van der Waals surface area contributed by atoms with Crippen LogP contribution in [0.5, 0.6) is 0 Å². The van der Waals surface area contributed by atoms with Crippen LogP contribution in [-0.2, 0) is 0 Å². The average Bonchev–Trinajstić information content (AvgIpc) is 2.07. The van der Waals surface area contributed by atoms with Crippen LogP contribution in [0.25, 0.3) is 0 Å². The standard InChI is InChI=1S/C8H9BrClP/c9-11(7-6-10)8-4-2-1-3-5-8/h1-5H,6-7H2. The third-order valence-electron chi connectivity index (χ3n) is 1.32. The van der Waals surface area contributed by atoms with E-state index in [-0.39, 0.29) is 6.62 Å². The molecule has 0 spiro atoms. The molecule has 0 nitrogen and oxygen atoms in total. The Labute approximate surface area is 81.4 Å². The minimum absolute atomic E-state index is 0.195. The molecule has 0 fully saturated rings. The van der Waals surface area contributed by atoms with Crippen molar-refractivity contribution in [1.82, 2.24) is 0 Å². The third kappa shape index (κ3) is 3.11. The Hall–Kier alpha value is 0.420. The highest BCUT2D eigenvalue weighted by Gasteiger charge is 2.03. The second-order valence-electron chi connectivity index (χ2n) is 2.11. The summed E-state index contributed by atoms with van der Waals surface area (Å²) in [6.07, 6.45) is 1.04. The lowest BCUT2D eigenvalue weighted by Crippen LogP contribution is -1.98. The molecular formula is C8H9BrClP. The van der Waals surface area contributed by atoms with Crippen molar-refractivity contribution < 1.29 is 0 Å². The normalized spacial score (nSPS) is 12.9. The van der Waals surface area contributed by atoms with E-state index < -0.39 is 0 Å². The Balaban J connectivity index is 2.61. The summed E-state index contributed by atoms with van der Waals surface area (Å²) >= 11 is 9.26. The predicted octanol–water partition coefficient (Wildman–Crippen LogP) is 3.34. The van der Waals surface area contributed by atoms with Gasteiger partial charge in [-0.3, -0.25) is 0 Å². The maximum atomic E-state index is 5.63. The summed E-state index contributed by atoms with van der Waals surface area (Å²) in [6, 6.07) is 10.4. The summed E-state index contributed by atoms with van der Waals surface area (Å²) in [6.45, 7) is -0.195. The molecule has 60 valence electrons. The molecule has 0 heterocycles. The molecule has 0 aliphatic carbocycles. The largest absolute Gasteiger partial charge is 0.126 e. The molecule has 0 N–H and O–H groups in total. The third-order valence-corrected chi connectivity index (χ3v) is 5.54. The summed E-state index contributed by atoms with van der Waals surface area (Å²) in [5.74, 6) is 0.728. The number of hydrogen-bond acceptors (Lipinski definition) is 0. The van der Waals surface area contributed by atoms with Crippen molar-refractivity contribution in [1.29, 1.82) is 0 Å². The van der Waals surface area contributed by atoms with Gasteiger partial charge in [0.2, 0.25) is 0 Å². The highest BCUT2D eigenvalue weighted by molar-refractivity contribution is 9.40. The maximum absolute atomic E-state index is 5.63. The lowest BCUT2D eigenvalue weighted by Gasteiger charge is -2.06. The lowest BCUT2D eigenvalue weighted by atomic mass is 10.4. The van der Waals surface area contributed by atoms with Crippen molar-refractivity contribution in [2.75, 3.05) is 12.0 Å². The zero-order valence-electron chi connectivity index (χ0n) is 6.00. The van der Waals surface area contributed by atoms with E-state index in [1.807, 2.05) is 6.07 Å². The van der Waals surface area contributed by atoms with Gasteiger partial charge < -0.3 is 0 Å². The second kappa shape index (κ2) is 5.13. The van der Waals surface area contributed by atoms with E-state index in [0.29, 0.717) is 0 Å². The van der Waals surface area contributed by atoms with E-state index in [9.17, 15) is 0 Å². The van der Waals surface area contributed by atoms with E-state index in [1.54, 1.807) is 0 Å². The molecule has 0 aliphatic heterocycles. The first-order chi connectivity index (χ1) is 5.34. The SMILES string of the molecule is ClCCP(Br)c1ccccc1. The van der Waals surface area contributed by atoms with E-state index in [4.69, 9.17) is 11.6 Å². The number of benzene rings is 1. The van der Waals surface area contributed by atoms with Crippen LogP contribution in [0, 0.1) is 0 Å². The van der Waals surface area contributed by atoms with Gasteiger partial charge in [0.15, 0.2) is 0 Å². The van der Waals surface area contributed by atoms with Gasteiger partial charge in [-0.05, 0) is 18.1 Å². The summed E-state index contributed by atoms with van der Waals surface area (Å²) < 4.78 is 0.